The first-order chi connectivity index (χ1) is 8.56. The van der Waals surface area contributed by atoms with Crippen molar-refractivity contribution in [3.63, 3.8) is 0 Å². The molecule has 1 amide bonds. The van der Waals surface area contributed by atoms with Gasteiger partial charge in [-0.1, -0.05) is 5.16 Å². The van der Waals surface area contributed by atoms with Gasteiger partial charge < -0.3 is 19.5 Å². The maximum absolute atomic E-state index is 11.7. The third-order valence-corrected chi connectivity index (χ3v) is 2.26. The van der Waals surface area contributed by atoms with Gasteiger partial charge in [0.15, 0.2) is 5.82 Å². The third kappa shape index (κ3) is 2.57. The lowest BCUT2D eigenvalue weighted by molar-refractivity contribution is -0.116. The number of rotatable bonds is 4. The molecule has 0 aliphatic rings. The molecule has 2 rings (SSSR count). The number of carboxylic acids is 1. The monoisotopic (exact) mass is 249 g/mol. The quantitative estimate of drug-likeness (QED) is 0.846. The second-order valence-corrected chi connectivity index (χ2v) is 3.70. The molecule has 0 saturated heterocycles. The number of aromatic carboxylic acids is 1. The maximum atomic E-state index is 11.7. The topological polar surface area (TPSA) is 97.4 Å². The molecule has 2 heterocycles. The van der Waals surface area contributed by atoms with Crippen LogP contribution in [0.25, 0.3) is 0 Å². The first-order valence-corrected chi connectivity index (χ1v) is 5.18. The van der Waals surface area contributed by atoms with E-state index in [-0.39, 0.29) is 18.1 Å². The minimum atomic E-state index is -1.08. The maximum Gasteiger partial charge on any atom is 0.352 e. The minimum Gasteiger partial charge on any atom is -0.477 e. The lowest BCUT2D eigenvalue weighted by Gasteiger charge is -2.05. The van der Waals surface area contributed by atoms with Crippen LogP contribution in [-0.4, -0.2) is 26.7 Å². The molecule has 94 valence electrons. The van der Waals surface area contributed by atoms with Crippen molar-refractivity contribution in [2.45, 2.75) is 13.5 Å². The molecule has 0 spiro atoms. The lowest BCUT2D eigenvalue weighted by atomic mass is 10.4. The average Bonchev–Trinajstić information content (AvgIpc) is 2.87. The van der Waals surface area contributed by atoms with Crippen molar-refractivity contribution in [1.29, 1.82) is 0 Å². The smallest absolute Gasteiger partial charge is 0.352 e. The fourth-order valence-corrected chi connectivity index (χ4v) is 1.51. The zero-order valence-corrected chi connectivity index (χ0v) is 9.58. The highest BCUT2D eigenvalue weighted by molar-refractivity contribution is 5.91. The van der Waals surface area contributed by atoms with E-state index in [2.05, 4.69) is 10.5 Å². The Balaban J connectivity index is 2.03. The average molecular weight is 249 g/mol. The highest BCUT2D eigenvalue weighted by Gasteiger charge is 2.12. The Labute approximate surface area is 102 Å². The van der Waals surface area contributed by atoms with Gasteiger partial charge in [-0.3, -0.25) is 4.79 Å². The van der Waals surface area contributed by atoms with Crippen molar-refractivity contribution >= 4 is 17.7 Å². The van der Waals surface area contributed by atoms with Crippen molar-refractivity contribution in [3.05, 3.63) is 35.9 Å². The Kier molecular flexibility index (Phi) is 3.13. The van der Waals surface area contributed by atoms with Gasteiger partial charge in [0, 0.05) is 12.3 Å². The van der Waals surface area contributed by atoms with Crippen LogP contribution >= 0.6 is 0 Å². The fraction of sp³-hybridized carbons (Fsp3) is 0.182. The molecule has 7 heteroatoms. The van der Waals surface area contributed by atoms with Gasteiger partial charge in [0.1, 0.15) is 18.0 Å². The summed E-state index contributed by atoms with van der Waals surface area (Å²) >= 11 is 0. The lowest BCUT2D eigenvalue weighted by Crippen LogP contribution is -2.20. The fourth-order valence-electron chi connectivity index (χ4n) is 1.51. The van der Waals surface area contributed by atoms with Crippen molar-refractivity contribution in [2.24, 2.45) is 0 Å². The molecule has 0 aromatic carbocycles. The summed E-state index contributed by atoms with van der Waals surface area (Å²) < 4.78 is 6.13. The van der Waals surface area contributed by atoms with Crippen LogP contribution in [0.1, 0.15) is 16.2 Å². The highest BCUT2D eigenvalue weighted by Crippen LogP contribution is 2.08. The number of carbonyl (C=O) groups excluding carboxylic acids is 1. The summed E-state index contributed by atoms with van der Waals surface area (Å²) in [5.74, 6) is -0.564. The normalized spacial score (nSPS) is 10.3. The highest BCUT2D eigenvalue weighted by atomic mass is 16.5. The molecule has 18 heavy (non-hydrogen) atoms. The molecule has 0 radical (unpaired) electrons. The van der Waals surface area contributed by atoms with Gasteiger partial charge in [-0.25, -0.2) is 4.79 Å². The van der Waals surface area contributed by atoms with Gasteiger partial charge in [-0.05, 0) is 19.1 Å². The molecule has 0 saturated carbocycles. The van der Waals surface area contributed by atoms with E-state index < -0.39 is 5.97 Å². The van der Waals surface area contributed by atoms with Gasteiger partial charge in [-0.2, -0.15) is 0 Å². The Morgan fingerprint density at radius 2 is 2.33 bits per heavy atom. The number of hydrogen-bond acceptors (Lipinski definition) is 4. The first kappa shape index (κ1) is 11.9. The second-order valence-electron chi connectivity index (χ2n) is 3.70. The molecular formula is C11H11N3O4. The molecule has 0 aliphatic carbocycles. The van der Waals surface area contributed by atoms with Gasteiger partial charge in [0.05, 0.1) is 0 Å². The summed E-state index contributed by atoms with van der Waals surface area (Å²) in [6, 6.07) is 4.57. The number of carbonyl (C=O) groups is 2. The number of aromatic nitrogens is 2. The van der Waals surface area contributed by atoms with E-state index >= 15 is 0 Å². The van der Waals surface area contributed by atoms with Crippen molar-refractivity contribution in [2.75, 3.05) is 5.32 Å². The molecule has 2 N–H and O–H groups in total. The van der Waals surface area contributed by atoms with E-state index in [9.17, 15) is 9.59 Å². The summed E-state index contributed by atoms with van der Waals surface area (Å²) in [5.41, 5.74) is 0.0569. The van der Waals surface area contributed by atoms with E-state index in [1.807, 2.05) is 0 Å². The Morgan fingerprint density at radius 1 is 1.56 bits per heavy atom. The standard InChI is InChI=1S/C11H11N3O4/c1-7-5-9(13-18-7)12-10(15)6-14-4-2-3-8(14)11(16)17/h2-5H,6H2,1H3,(H,16,17)(H,12,13,15). The van der Waals surface area contributed by atoms with Crippen LogP contribution in [0.15, 0.2) is 28.9 Å². The zero-order valence-electron chi connectivity index (χ0n) is 9.58. The van der Waals surface area contributed by atoms with Gasteiger partial charge >= 0.3 is 5.97 Å². The second kappa shape index (κ2) is 4.74. The molecule has 0 bridgehead atoms. The largest absolute Gasteiger partial charge is 0.477 e. The van der Waals surface area contributed by atoms with Crippen LogP contribution in [-0.2, 0) is 11.3 Å². The molecule has 2 aromatic rings. The summed E-state index contributed by atoms with van der Waals surface area (Å²) in [6.45, 7) is 1.61. The Bertz CT molecular complexity index is 585. The van der Waals surface area contributed by atoms with Crippen LogP contribution in [0.2, 0.25) is 0 Å². The SMILES string of the molecule is Cc1cc(NC(=O)Cn2cccc2C(=O)O)no1. The van der Waals surface area contributed by atoms with E-state index in [0.717, 1.165) is 0 Å². The summed E-state index contributed by atoms with van der Waals surface area (Å²) in [7, 11) is 0. The molecule has 0 atom stereocenters. The number of anilines is 1. The number of amides is 1. The number of hydrogen-bond donors (Lipinski definition) is 2. The van der Waals surface area contributed by atoms with Crippen LogP contribution in [0.4, 0.5) is 5.82 Å². The van der Waals surface area contributed by atoms with E-state index in [0.29, 0.717) is 11.6 Å². The predicted molar refractivity (Wildman–Crippen MR) is 61.3 cm³/mol. The van der Waals surface area contributed by atoms with Gasteiger partial charge in [0.25, 0.3) is 0 Å². The van der Waals surface area contributed by atoms with E-state index in [4.69, 9.17) is 9.63 Å². The molecule has 0 unspecified atom stereocenters. The van der Waals surface area contributed by atoms with Crippen molar-refractivity contribution in [3.8, 4) is 0 Å². The first-order valence-electron chi connectivity index (χ1n) is 5.18. The minimum absolute atomic E-state index is 0.0569. The molecule has 0 aliphatic heterocycles. The van der Waals surface area contributed by atoms with Crippen LogP contribution in [0.3, 0.4) is 0 Å². The van der Waals surface area contributed by atoms with Crippen LogP contribution in [0.5, 0.6) is 0 Å². The Morgan fingerprint density at radius 3 is 2.94 bits per heavy atom. The zero-order chi connectivity index (χ0) is 13.1. The van der Waals surface area contributed by atoms with Gasteiger partial charge in [0.2, 0.25) is 5.91 Å². The number of nitrogens with one attached hydrogen (secondary N) is 1. The number of aryl methyl sites for hydroxylation is 1. The van der Waals surface area contributed by atoms with Crippen molar-refractivity contribution in [1.82, 2.24) is 9.72 Å². The number of carboxylic acid groups (broad SMARTS) is 1. The molecule has 2 aromatic heterocycles. The molecular weight excluding hydrogens is 238 g/mol. The number of nitrogens with zero attached hydrogens (tertiary/aromatic N) is 2. The van der Waals surface area contributed by atoms with E-state index in [1.165, 1.54) is 16.8 Å². The predicted octanol–water partition coefficient (Wildman–Crippen LogP) is 1.12. The summed E-state index contributed by atoms with van der Waals surface area (Å²) in [5, 5.41) is 15.0. The van der Waals surface area contributed by atoms with Gasteiger partial charge in [-0.15, -0.1) is 0 Å². The summed E-state index contributed by atoms with van der Waals surface area (Å²) in [4.78, 5) is 22.5. The Hall–Kier alpha value is -2.57. The molecule has 0 fully saturated rings. The molecule has 7 nitrogen and oxygen atoms in total. The van der Waals surface area contributed by atoms with Crippen molar-refractivity contribution < 1.29 is 19.2 Å². The summed E-state index contributed by atoms with van der Waals surface area (Å²) in [6.07, 6.45) is 1.52. The van der Waals surface area contributed by atoms with E-state index in [1.54, 1.807) is 19.1 Å². The third-order valence-electron chi connectivity index (χ3n) is 2.26. The van der Waals surface area contributed by atoms with Crippen LogP contribution < -0.4 is 5.32 Å². The van der Waals surface area contributed by atoms with Crippen LogP contribution in [0, 0.1) is 6.92 Å².